The minimum Gasteiger partial charge on any atom is -0.481 e. The van der Waals surface area contributed by atoms with E-state index in [1.54, 1.807) is 0 Å². The molecule has 0 spiro atoms. The highest BCUT2D eigenvalue weighted by Crippen LogP contribution is 2.30. The standard InChI is InChI=1S/C23H42O7S/c1-3-5-7-8-9-10-11-12-13-14-15-16-18-23(20-21(24)25,31(27,28)29)22(26)30-19-17-6-4-2/h3H,1,4-20H2,2H3,(H,24,25)(H,27,28,29). The third kappa shape index (κ3) is 12.9. The molecule has 0 saturated carbocycles. The molecule has 0 amide bonds. The van der Waals surface area contributed by atoms with E-state index in [-0.39, 0.29) is 13.0 Å². The number of esters is 1. The van der Waals surface area contributed by atoms with Crippen molar-refractivity contribution in [3.8, 4) is 0 Å². The van der Waals surface area contributed by atoms with Gasteiger partial charge in [0.25, 0.3) is 10.1 Å². The van der Waals surface area contributed by atoms with E-state index < -0.39 is 33.2 Å². The molecule has 2 N–H and O–H groups in total. The fourth-order valence-corrected chi connectivity index (χ4v) is 4.57. The topological polar surface area (TPSA) is 118 Å². The fourth-order valence-electron chi connectivity index (χ4n) is 3.59. The van der Waals surface area contributed by atoms with E-state index in [2.05, 4.69) is 6.58 Å². The first-order valence-electron chi connectivity index (χ1n) is 11.7. The van der Waals surface area contributed by atoms with Crippen LogP contribution in [0.4, 0.5) is 0 Å². The Kier molecular flexibility index (Phi) is 16.4. The summed E-state index contributed by atoms with van der Waals surface area (Å²) in [4.78, 5) is 23.8. The Morgan fingerprint density at radius 2 is 1.42 bits per heavy atom. The van der Waals surface area contributed by atoms with Crippen molar-refractivity contribution in [2.24, 2.45) is 0 Å². The second-order valence-corrected chi connectivity index (χ2v) is 9.98. The van der Waals surface area contributed by atoms with Gasteiger partial charge >= 0.3 is 11.9 Å². The van der Waals surface area contributed by atoms with E-state index in [0.717, 1.165) is 44.9 Å². The summed E-state index contributed by atoms with van der Waals surface area (Å²) in [5.74, 6) is -2.62. The summed E-state index contributed by atoms with van der Waals surface area (Å²) in [5.41, 5.74) is 0. The summed E-state index contributed by atoms with van der Waals surface area (Å²) < 4.78 is 36.4. The predicted octanol–water partition coefficient (Wildman–Crippen LogP) is 5.69. The lowest BCUT2D eigenvalue weighted by Gasteiger charge is -2.27. The van der Waals surface area contributed by atoms with Crippen LogP contribution in [-0.2, 0) is 24.4 Å². The van der Waals surface area contributed by atoms with Gasteiger partial charge in [-0.3, -0.25) is 14.1 Å². The summed E-state index contributed by atoms with van der Waals surface area (Å²) >= 11 is 0. The maximum absolute atomic E-state index is 12.5. The molecular formula is C23H42O7S. The summed E-state index contributed by atoms with van der Waals surface area (Å²) in [7, 11) is -4.94. The molecule has 0 aromatic heterocycles. The monoisotopic (exact) mass is 462 g/mol. The number of allylic oxidation sites excluding steroid dienone is 1. The molecule has 182 valence electrons. The van der Waals surface area contributed by atoms with Gasteiger partial charge in [-0.05, 0) is 25.7 Å². The van der Waals surface area contributed by atoms with Crippen LogP contribution in [0.2, 0.25) is 0 Å². The van der Waals surface area contributed by atoms with Crippen LogP contribution < -0.4 is 0 Å². The normalized spacial score (nSPS) is 13.5. The van der Waals surface area contributed by atoms with Gasteiger partial charge in [0.05, 0.1) is 13.0 Å². The molecule has 0 aliphatic heterocycles. The van der Waals surface area contributed by atoms with E-state index in [1.807, 2.05) is 13.0 Å². The van der Waals surface area contributed by atoms with E-state index in [0.29, 0.717) is 19.3 Å². The molecule has 0 bridgehead atoms. The lowest BCUT2D eigenvalue weighted by Crippen LogP contribution is -2.49. The van der Waals surface area contributed by atoms with E-state index in [1.165, 1.54) is 25.7 Å². The van der Waals surface area contributed by atoms with E-state index in [4.69, 9.17) is 4.74 Å². The van der Waals surface area contributed by atoms with Gasteiger partial charge in [-0.1, -0.05) is 83.6 Å². The molecule has 1 atom stereocenters. The highest BCUT2D eigenvalue weighted by molar-refractivity contribution is 7.88. The van der Waals surface area contributed by atoms with Crippen LogP contribution in [-0.4, -0.2) is 41.4 Å². The molecule has 0 rings (SSSR count). The van der Waals surface area contributed by atoms with Gasteiger partial charge in [-0.25, -0.2) is 0 Å². The Bertz CT molecular complexity index is 615. The van der Waals surface area contributed by atoms with Crippen LogP contribution >= 0.6 is 0 Å². The molecule has 0 fully saturated rings. The first kappa shape index (κ1) is 29.6. The third-order valence-corrected chi connectivity index (χ3v) is 7.03. The number of carbonyl (C=O) groups is 2. The lowest BCUT2D eigenvalue weighted by molar-refractivity contribution is -0.152. The summed E-state index contributed by atoms with van der Waals surface area (Å²) in [6.07, 6.45) is 14.0. The van der Waals surface area contributed by atoms with Gasteiger partial charge in [0.1, 0.15) is 0 Å². The lowest BCUT2D eigenvalue weighted by atomic mass is 9.95. The molecule has 0 heterocycles. The summed E-state index contributed by atoms with van der Waals surface area (Å²) in [6, 6.07) is 0. The smallest absolute Gasteiger partial charge is 0.330 e. The number of carbonyl (C=O) groups excluding carboxylic acids is 1. The Hall–Kier alpha value is -1.41. The number of unbranched alkanes of at least 4 members (excludes halogenated alkanes) is 12. The second-order valence-electron chi connectivity index (χ2n) is 8.25. The van der Waals surface area contributed by atoms with Crippen LogP contribution in [0.15, 0.2) is 12.7 Å². The van der Waals surface area contributed by atoms with Gasteiger partial charge in [-0.2, -0.15) is 8.42 Å². The minimum absolute atomic E-state index is 0.0111. The minimum atomic E-state index is -4.94. The van der Waals surface area contributed by atoms with Crippen LogP contribution in [0.5, 0.6) is 0 Å². The van der Waals surface area contributed by atoms with Crippen molar-refractivity contribution in [1.82, 2.24) is 0 Å². The van der Waals surface area contributed by atoms with Crippen molar-refractivity contribution in [1.29, 1.82) is 0 Å². The molecule has 0 aromatic rings. The maximum Gasteiger partial charge on any atom is 0.330 e. The SMILES string of the molecule is C=CCCCCCCCCCCCCC(CC(=O)O)(C(=O)OCCCCC)S(=O)(=O)O. The summed E-state index contributed by atoms with van der Waals surface area (Å²) in [5, 5.41) is 9.17. The quantitative estimate of drug-likeness (QED) is 0.0973. The van der Waals surface area contributed by atoms with Crippen LogP contribution in [0.3, 0.4) is 0 Å². The molecular weight excluding hydrogens is 420 g/mol. The zero-order chi connectivity index (χ0) is 23.6. The Labute approximate surface area is 188 Å². The van der Waals surface area contributed by atoms with Crippen molar-refractivity contribution in [2.45, 2.75) is 114 Å². The van der Waals surface area contributed by atoms with Crippen molar-refractivity contribution < 1.29 is 32.4 Å². The third-order valence-electron chi connectivity index (χ3n) is 5.52. The highest BCUT2D eigenvalue weighted by Gasteiger charge is 2.52. The maximum atomic E-state index is 12.5. The van der Waals surface area contributed by atoms with Crippen LogP contribution in [0.1, 0.15) is 110 Å². The first-order chi connectivity index (χ1) is 14.7. The molecule has 0 aliphatic carbocycles. The number of ether oxygens (including phenoxy) is 1. The molecule has 0 aromatic carbocycles. The first-order valence-corrected chi connectivity index (χ1v) is 13.1. The molecule has 31 heavy (non-hydrogen) atoms. The van der Waals surface area contributed by atoms with Gasteiger partial charge in [0.15, 0.2) is 0 Å². The molecule has 0 radical (unpaired) electrons. The number of hydrogen-bond acceptors (Lipinski definition) is 5. The van der Waals surface area contributed by atoms with Crippen molar-refractivity contribution >= 4 is 22.1 Å². The fraction of sp³-hybridized carbons (Fsp3) is 0.826. The molecule has 0 saturated heterocycles. The Morgan fingerprint density at radius 1 is 0.903 bits per heavy atom. The Morgan fingerprint density at radius 3 is 1.87 bits per heavy atom. The zero-order valence-electron chi connectivity index (χ0n) is 19.1. The average molecular weight is 463 g/mol. The van der Waals surface area contributed by atoms with Crippen molar-refractivity contribution in [3.63, 3.8) is 0 Å². The zero-order valence-corrected chi connectivity index (χ0v) is 20.0. The van der Waals surface area contributed by atoms with Gasteiger partial charge in [0.2, 0.25) is 4.75 Å². The largest absolute Gasteiger partial charge is 0.481 e. The van der Waals surface area contributed by atoms with Gasteiger partial charge < -0.3 is 9.84 Å². The predicted molar refractivity (Wildman–Crippen MR) is 123 cm³/mol. The summed E-state index contributed by atoms with van der Waals surface area (Å²) in [6.45, 7) is 5.70. The van der Waals surface area contributed by atoms with Gasteiger partial charge in [-0.15, -0.1) is 6.58 Å². The number of hydrogen-bond donors (Lipinski definition) is 2. The number of aliphatic carboxylic acids is 1. The van der Waals surface area contributed by atoms with E-state index >= 15 is 0 Å². The molecule has 7 nitrogen and oxygen atoms in total. The van der Waals surface area contributed by atoms with Crippen molar-refractivity contribution in [2.75, 3.05) is 6.61 Å². The molecule has 8 heteroatoms. The average Bonchev–Trinajstić information content (AvgIpc) is 2.69. The Balaban J connectivity index is 4.50. The second kappa shape index (κ2) is 17.2. The number of carboxylic acid groups (broad SMARTS) is 1. The van der Waals surface area contributed by atoms with Gasteiger partial charge in [0, 0.05) is 0 Å². The number of rotatable bonds is 21. The molecule has 1 unspecified atom stereocenters. The van der Waals surface area contributed by atoms with Crippen LogP contribution in [0.25, 0.3) is 0 Å². The van der Waals surface area contributed by atoms with Crippen LogP contribution in [0, 0.1) is 0 Å². The van der Waals surface area contributed by atoms with Crippen molar-refractivity contribution in [3.05, 3.63) is 12.7 Å². The molecule has 0 aliphatic rings. The number of carboxylic acids is 1. The van der Waals surface area contributed by atoms with E-state index in [9.17, 15) is 27.7 Å². The highest BCUT2D eigenvalue weighted by atomic mass is 32.2.